The molecule has 0 aliphatic carbocycles. The Morgan fingerprint density at radius 1 is 1.47 bits per heavy atom. The SMILES string of the molecule is Cc1csc(/C(C#N)=C/Nc2ccc(Br)c(C)c2)n1. The van der Waals surface area contributed by atoms with Gasteiger partial charge >= 0.3 is 0 Å². The van der Waals surface area contributed by atoms with Gasteiger partial charge in [0.05, 0.1) is 0 Å². The van der Waals surface area contributed by atoms with Crippen LogP contribution in [0.15, 0.2) is 34.3 Å². The van der Waals surface area contributed by atoms with E-state index in [0.717, 1.165) is 26.4 Å². The fraction of sp³-hybridized carbons (Fsp3) is 0.143. The average Bonchev–Trinajstić information content (AvgIpc) is 2.81. The van der Waals surface area contributed by atoms with Gasteiger partial charge in [-0.15, -0.1) is 11.3 Å². The maximum atomic E-state index is 9.17. The molecule has 1 aromatic heterocycles. The summed E-state index contributed by atoms with van der Waals surface area (Å²) in [6, 6.07) is 8.11. The number of hydrogen-bond acceptors (Lipinski definition) is 4. The number of anilines is 1. The van der Waals surface area contributed by atoms with Crippen LogP contribution in [0.3, 0.4) is 0 Å². The molecule has 1 heterocycles. The van der Waals surface area contributed by atoms with Crippen LogP contribution < -0.4 is 5.32 Å². The van der Waals surface area contributed by atoms with Gasteiger partial charge < -0.3 is 5.32 Å². The molecule has 0 atom stereocenters. The van der Waals surface area contributed by atoms with Crippen LogP contribution in [0.2, 0.25) is 0 Å². The zero-order chi connectivity index (χ0) is 13.8. The minimum absolute atomic E-state index is 0.540. The highest BCUT2D eigenvalue weighted by atomic mass is 79.9. The van der Waals surface area contributed by atoms with E-state index in [2.05, 4.69) is 32.3 Å². The van der Waals surface area contributed by atoms with Crippen LogP contribution in [0.5, 0.6) is 0 Å². The van der Waals surface area contributed by atoms with Gasteiger partial charge in [0.1, 0.15) is 16.6 Å². The molecule has 19 heavy (non-hydrogen) atoms. The van der Waals surface area contributed by atoms with E-state index in [1.54, 1.807) is 6.20 Å². The molecule has 2 rings (SSSR count). The Morgan fingerprint density at radius 3 is 2.84 bits per heavy atom. The van der Waals surface area contributed by atoms with E-state index in [1.807, 2.05) is 37.4 Å². The number of thiazole rings is 1. The van der Waals surface area contributed by atoms with Crippen molar-refractivity contribution in [3.8, 4) is 6.07 Å². The molecule has 0 saturated carbocycles. The molecule has 0 spiro atoms. The van der Waals surface area contributed by atoms with Crippen LogP contribution in [0, 0.1) is 25.2 Å². The predicted molar refractivity (Wildman–Crippen MR) is 82.9 cm³/mol. The smallest absolute Gasteiger partial charge is 0.135 e. The van der Waals surface area contributed by atoms with Crippen molar-refractivity contribution in [2.24, 2.45) is 0 Å². The van der Waals surface area contributed by atoms with Crippen LogP contribution in [0.25, 0.3) is 5.57 Å². The van der Waals surface area contributed by atoms with E-state index in [1.165, 1.54) is 11.3 Å². The van der Waals surface area contributed by atoms with E-state index in [4.69, 9.17) is 5.26 Å². The van der Waals surface area contributed by atoms with Crippen molar-refractivity contribution < 1.29 is 0 Å². The van der Waals surface area contributed by atoms with Gasteiger partial charge in [-0.3, -0.25) is 0 Å². The molecular weight excluding hydrogens is 322 g/mol. The zero-order valence-electron chi connectivity index (χ0n) is 10.6. The number of nitrogens with one attached hydrogen (secondary N) is 1. The van der Waals surface area contributed by atoms with Crippen LogP contribution in [-0.2, 0) is 0 Å². The van der Waals surface area contributed by atoms with E-state index in [-0.39, 0.29) is 0 Å². The summed E-state index contributed by atoms with van der Waals surface area (Å²) in [5.74, 6) is 0. The topological polar surface area (TPSA) is 48.7 Å². The van der Waals surface area contributed by atoms with Gasteiger partial charge in [0.2, 0.25) is 0 Å². The van der Waals surface area contributed by atoms with Crippen LogP contribution in [-0.4, -0.2) is 4.98 Å². The molecule has 0 radical (unpaired) electrons. The monoisotopic (exact) mass is 333 g/mol. The van der Waals surface area contributed by atoms with Gasteiger partial charge in [0, 0.05) is 27.4 Å². The van der Waals surface area contributed by atoms with E-state index in [0.29, 0.717) is 5.57 Å². The molecule has 5 heteroatoms. The summed E-state index contributed by atoms with van der Waals surface area (Å²) in [4.78, 5) is 4.31. The standard InChI is InChI=1S/C14H12BrN3S/c1-9-5-12(3-4-13(9)15)17-7-11(6-16)14-18-10(2)8-19-14/h3-5,7-8,17H,1-2H3/b11-7+. The molecule has 0 aliphatic heterocycles. The Morgan fingerprint density at radius 2 is 2.26 bits per heavy atom. The molecule has 0 fully saturated rings. The number of hydrogen-bond donors (Lipinski definition) is 1. The highest BCUT2D eigenvalue weighted by molar-refractivity contribution is 9.10. The summed E-state index contributed by atoms with van der Waals surface area (Å²) in [6.45, 7) is 3.94. The lowest BCUT2D eigenvalue weighted by Crippen LogP contribution is -1.91. The molecule has 2 aromatic rings. The van der Waals surface area contributed by atoms with Crippen molar-refractivity contribution in [3.63, 3.8) is 0 Å². The second kappa shape index (κ2) is 6.00. The third-order valence-corrected chi connectivity index (χ3v) is 4.39. The molecule has 0 bridgehead atoms. The Labute approximate surface area is 124 Å². The fourth-order valence-electron chi connectivity index (χ4n) is 1.51. The molecule has 1 N–H and O–H groups in total. The molecule has 0 saturated heterocycles. The Kier molecular flexibility index (Phi) is 4.35. The van der Waals surface area contributed by atoms with Gasteiger partial charge in [0.15, 0.2) is 0 Å². The van der Waals surface area contributed by atoms with E-state index < -0.39 is 0 Å². The fourth-order valence-corrected chi connectivity index (χ4v) is 2.52. The highest BCUT2D eigenvalue weighted by Crippen LogP contribution is 2.22. The molecule has 0 unspecified atom stereocenters. The number of benzene rings is 1. The lowest BCUT2D eigenvalue weighted by molar-refractivity contribution is 1.24. The van der Waals surface area contributed by atoms with Crippen molar-refractivity contribution >= 4 is 38.5 Å². The number of aryl methyl sites for hydroxylation is 2. The van der Waals surface area contributed by atoms with Crippen molar-refractivity contribution in [2.75, 3.05) is 5.32 Å². The first-order valence-electron chi connectivity index (χ1n) is 5.65. The third-order valence-electron chi connectivity index (χ3n) is 2.51. The number of allylic oxidation sites excluding steroid dienone is 1. The first kappa shape index (κ1) is 13.8. The highest BCUT2D eigenvalue weighted by Gasteiger charge is 2.05. The minimum atomic E-state index is 0.540. The first-order valence-corrected chi connectivity index (χ1v) is 7.33. The summed E-state index contributed by atoms with van der Waals surface area (Å²) in [5.41, 5.74) is 3.56. The lowest BCUT2D eigenvalue weighted by atomic mass is 10.2. The summed E-state index contributed by atoms with van der Waals surface area (Å²) in [7, 11) is 0. The molecule has 3 nitrogen and oxygen atoms in total. The lowest BCUT2D eigenvalue weighted by Gasteiger charge is -2.04. The molecule has 0 aliphatic rings. The van der Waals surface area contributed by atoms with Gasteiger partial charge in [-0.25, -0.2) is 4.98 Å². The quantitative estimate of drug-likeness (QED) is 0.841. The molecular formula is C14H12BrN3S. The Hall–Kier alpha value is -1.64. The second-order valence-corrected chi connectivity index (χ2v) is 5.78. The minimum Gasteiger partial charge on any atom is -0.360 e. The summed E-state index contributed by atoms with van der Waals surface area (Å²) in [5, 5.41) is 15.0. The van der Waals surface area contributed by atoms with Gasteiger partial charge in [-0.05, 0) is 37.6 Å². The largest absolute Gasteiger partial charge is 0.360 e. The zero-order valence-corrected chi connectivity index (χ0v) is 13.0. The van der Waals surface area contributed by atoms with Crippen molar-refractivity contribution in [3.05, 3.63) is 50.5 Å². The Bertz CT molecular complexity index is 668. The van der Waals surface area contributed by atoms with Crippen molar-refractivity contribution in [2.45, 2.75) is 13.8 Å². The van der Waals surface area contributed by atoms with Gasteiger partial charge in [0.25, 0.3) is 0 Å². The van der Waals surface area contributed by atoms with Gasteiger partial charge in [-0.2, -0.15) is 5.26 Å². The summed E-state index contributed by atoms with van der Waals surface area (Å²) < 4.78 is 1.07. The summed E-state index contributed by atoms with van der Waals surface area (Å²) in [6.07, 6.45) is 1.70. The van der Waals surface area contributed by atoms with E-state index in [9.17, 15) is 0 Å². The summed E-state index contributed by atoms with van der Waals surface area (Å²) >= 11 is 4.93. The van der Waals surface area contributed by atoms with Gasteiger partial charge in [-0.1, -0.05) is 15.9 Å². The molecule has 1 aromatic carbocycles. The van der Waals surface area contributed by atoms with Crippen molar-refractivity contribution in [1.82, 2.24) is 4.98 Å². The Balaban J connectivity index is 2.20. The first-order chi connectivity index (χ1) is 9.10. The predicted octanol–water partition coefficient (Wildman–Crippen LogP) is 4.50. The average molecular weight is 334 g/mol. The van der Waals surface area contributed by atoms with Crippen LogP contribution >= 0.6 is 27.3 Å². The van der Waals surface area contributed by atoms with Crippen molar-refractivity contribution in [1.29, 1.82) is 5.26 Å². The number of halogens is 1. The number of rotatable bonds is 3. The number of aromatic nitrogens is 1. The number of nitriles is 1. The molecule has 96 valence electrons. The van der Waals surface area contributed by atoms with Crippen LogP contribution in [0.4, 0.5) is 5.69 Å². The maximum Gasteiger partial charge on any atom is 0.135 e. The normalized spacial score (nSPS) is 11.2. The van der Waals surface area contributed by atoms with Crippen LogP contribution in [0.1, 0.15) is 16.3 Å². The second-order valence-electron chi connectivity index (χ2n) is 4.07. The van der Waals surface area contributed by atoms with E-state index >= 15 is 0 Å². The maximum absolute atomic E-state index is 9.17. The molecule has 0 amide bonds. The third kappa shape index (κ3) is 3.43. The number of nitrogens with zero attached hydrogens (tertiary/aromatic N) is 2.